The third-order valence-electron chi connectivity index (χ3n) is 4.80. The fraction of sp³-hybridized carbons (Fsp3) is 0.217. The second-order valence-corrected chi connectivity index (χ2v) is 7.93. The molecule has 0 saturated carbocycles. The molecule has 2 aromatic carbocycles. The van der Waals surface area contributed by atoms with Crippen molar-refractivity contribution in [2.75, 3.05) is 7.05 Å². The van der Waals surface area contributed by atoms with Gasteiger partial charge in [0, 0.05) is 12.7 Å². The molecule has 0 bridgehead atoms. The van der Waals surface area contributed by atoms with E-state index in [0.717, 1.165) is 28.5 Å². The summed E-state index contributed by atoms with van der Waals surface area (Å²) in [5.74, 6) is 0.858. The van der Waals surface area contributed by atoms with Gasteiger partial charge in [-0.2, -0.15) is 0 Å². The summed E-state index contributed by atoms with van der Waals surface area (Å²) >= 11 is 1.77. The first kappa shape index (κ1) is 18.6. The van der Waals surface area contributed by atoms with Crippen LogP contribution in [0.4, 0.5) is 0 Å². The van der Waals surface area contributed by atoms with E-state index in [9.17, 15) is 0 Å². The Morgan fingerprint density at radius 1 is 1.00 bits per heavy atom. The molecular formula is C23H23N3OS. The zero-order valence-corrected chi connectivity index (χ0v) is 16.9. The molecule has 142 valence electrons. The van der Waals surface area contributed by atoms with Crippen molar-refractivity contribution in [2.24, 2.45) is 0 Å². The van der Waals surface area contributed by atoms with Crippen LogP contribution >= 0.6 is 11.3 Å². The molecule has 0 aliphatic heterocycles. The normalized spacial score (nSPS) is 12.4. The van der Waals surface area contributed by atoms with E-state index in [2.05, 4.69) is 54.2 Å². The number of hydrogen-bond acceptors (Lipinski definition) is 5. The molecular weight excluding hydrogens is 366 g/mol. The van der Waals surface area contributed by atoms with Crippen LogP contribution in [0, 0.1) is 0 Å². The summed E-state index contributed by atoms with van der Waals surface area (Å²) < 4.78 is 7.06. The summed E-state index contributed by atoms with van der Waals surface area (Å²) in [5, 5.41) is 1.15. The first-order valence-electron chi connectivity index (χ1n) is 9.36. The van der Waals surface area contributed by atoms with Crippen molar-refractivity contribution in [1.82, 2.24) is 14.9 Å². The molecule has 4 rings (SSSR count). The maximum absolute atomic E-state index is 5.82. The standard InChI is InChI=1S/C23H23N3OS/c1-17(23-25-21-8-3-4-9-22(21)28-23)26(2)15-18-10-12-20(13-11-18)27-16-19-7-5-6-14-24-19/h3-14,17H,15-16H2,1-2H3. The van der Waals surface area contributed by atoms with Crippen LogP contribution in [-0.4, -0.2) is 21.9 Å². The number of rotatable bonds is 7. The molecule has 4 nitrogen and oxygen atoms in total. The van der Waals surface area contributed by atoms with Gasteiger partial charge in [-0.1, -0.05) is 30.3 Å². The van der Waals surface area contributed by atoms with Gasteiger partial charge in [0.15, 0.2) is 0 Å². The van der Waals surface area contributed by atoms with E-state index in [1.807, 2.05) is 36.4 Å². The van der Waals surface area contributed by atoms with Crippen LogP contribution < -0.4 is 4.74 Å². The number of fused-ring (bicyclic) bond motifs is 1. The van der Waals surface area contributed by atoms with Gasteiger partial charge in [0.05, 0.1) is 22.0 Å². The average molecular weight is 390 g/mol. The summed E-state index contributed by atoms with van der Waals surface area (Å²) in [7, 11) is 2.14. The fourth-order valence-corrected chi connectivity index (χ4v) is 4.10. The zero-order valence-electron chi connectivity index (χ0n) is 16.1. The fourth-order valence-electron chi connectivity index (χ4n) is 3.01. The minimum atomic E-state index is 0.262. The molecule has 28 heavy (non-hydrogen) atoms. The SMILES string of the molecule is CC(c1nc2ccccc2s1)N(C)Cc1ccc(OCc2ccccn2)cc1. The van der Waals surface area contributed by atoms with E-state index in [1.165, 1.54) is 10.3 Å². The lowest BCUT2D eigenvalue weighted by Gasteiger charge is -2.23. The van der Waals surface area contributed by atoms with E-state index in [-0.39, 0.29) is 6.04 Å². The molecule has 0 saturated heterocycles. The number of thiazole rings is 1. The largest absolute Gasteiger partial charge is 0.487 e. The minimum absolute atomic E-state index is 0.262. The Hall–Kier alpha value is -2.76. The maximum atomic E-state index is 5.82. The number of hydrogen-bond donors (Lipinski definition) is 0. The molecule has 0 spiro atoms. The highest BCUT2D eigenvalue weighted by Crippen LogP contribution is 2.29. The molecule has 0 amide bonds. The lowest BCUT2D eigenvalue weighted by Crippen LogP contribution is -2.21. The van der Waals surface area contributed by atoms with Crippen molar-refractivity contribution in [3.05, 3.63) is 89.2 Å². The van der Waals surface area contributed by atoms with Gasteiger partial charge in [0.1, 0.15) is 17.4 Å². The van der Waals surface area contributed by atoms with Crippen molar-refractivity contribution in [1.29, 1.82) is 0 Å². The summed E-state index contributed by atoms with van der Waals surface area (Å²) in [6.07, 6.45) is 1.78. The number of aromatic nitrogens is 2. The smallest absolute Gasteiger partial charge is 0.130 e. The number of benzene rings is 2. The number of para-hydroxylation sites is 1. The first-order valence-corrected chi connectivity index (χ1v) is 10.2. The lowest BCUT2D eigenvalue weighted by molar-refractivity contribution is 0.252. The van der Waals surface area contributed by atoms with E-state index in [0.29, 0.717) is 6.61 Å². The van der Waals surface area contributed by atoms with Crippen LogP contribution in [0.25, 0.3) is 10.2 Å². The number of nitrogens with zero attached hydrogens (tertiary/aromatic N) is 3. The van der Waals surface area contributed by atoms with Gasteiger partial charge in [-0.15, -0.1) is 11.3 Å². The van der Waals surface area contributed by atoms with Crippen LogP contribution in [0.5, 0.6) is 5.75 Å². The van der Waals surface area contributed by atoms with Gasteiger partial charge in [0.2, 0.25) is 0 Å². The number of ether oxygens (including phenoxy) is 1. The molecule has 0 N–H and O–H groups in total. The van der Waals surface area contributed by atoms with Crippen LogP contribution in [0.15, 0.2) is 72.9 Å². The molecule has 4 aromatic rings. The zero-order chi connectivity index (χ0) is 19.3. The Labute approximate surface area is 169 Å². The summed E-state index contributed by atoms with van der Waals surface area (Å²) in [6, 6.07) is 22.7. The molecule has 1 unspecified atom stereocenters. The quantitative estimate of drug-likeness (QED) is 0.420. The Balaban J connectivity index is 1.36. The molecule has 0 fully saturated rings. The molecule has 1 atom stereocenters. The predicted molar refractivity (Wildman–Crippen MR) is 115 cm³/mol. The molecule has 2 aromatic heterocycles. The Bertz CT molecular complexity index is 998. The molecule has 0 aliphatic rings. The molecule has 0 radical (unpaired) electrons. The van der Waals surface area contributed by atoms with Gasteiger partial charge in [-0.05, 0) is 55.9 Å². The predicted octanol–water partition coefficient (Wildman–Crippen LogP) is 5.46. The molecule has 5 heteroatoms. The second-order valence-electron chi connectivity index (χ2n) is 6.86. The van der Waals surface area contributed by atoms with Gasteiger partial charge in [-0.3, -0.25) is 9.88 Å². The monoisotopic (exact) mass is 389 g/mol. The highest BCUT2D eigenvalue weighted by atomic mass is 32.1. The van der Waals surface area contributed by atoms with Crippen LogP contribution in [0.3, 0.4) is 0 Å². The van der Waals surface area contributed by atoms with E-state index in [1.54, 1.807) is 17.5 Å². The van der Waals surface area contributed by atoms with Crippen molar-refractivity contribution < 1.29 is 4.74 Å². The maximum Gasteiger partial charge on any atom is 0.130 e. The minimum Gasteiger partial charge on any atom is -0.487 e. The first-order chi connectivity index (χ1) is 13.7. The molecule has 2 heterocycles. The van der Waals surface area contributed by atoms with Gasteiger partial charge < -0.3 is 4.74 Å². The lowest BCUT2D eigenvalue weighted by atomic mass is 10.2. The Morgan fingerprint density at radius 3 is 2.54 bits per heavy atom. The third kappa shape index (κ3) is 4.38. The number of pyridine rings is 1. The summed E-state index contributed by atoms with van der Waals surface area (Å²) in [5.41, 5.74) is 3.26. The van der Waals surface area contributed by atoms with Gasteiger partial charge in [0.25, 0.3) is 0 Å². The summed E-state index contributed by atoms with van der Waals surface area (Å²) in [6.45, 7) is 3.55. The highest BCUT2D eigenvalue weighted by molar-refractivity contribution is 7.18. The van der Waals surface area contributed by atoms with Gasteiger partial charge in [-0.25, -0.2) is 4.98 Å². The summed E-state index contributed by atoms with van der Waals surface area (Å²) in [4.78, 5) is 11.4. The van der Waals surface area contributed by atoms with E-state index in [4.69, 9.17) is 9.72 Å². The van der Waals surface area contributed by atoms with Crippen LogP contribution in [0.1, 0.15) is 29.2 Å². The second kappa shape index (κ2) is 8.50. The van der Waals surface area contributed by atoms with E-state index >= 15 is 0 Å². The van der Waals surface area contributed by atoms with E-state index < -0.39 is 0 Å². The van der Waals surface area contributed by atoms with Gasteiger partial charge >= 0.3 is 0 Å². The van der Waals surface area contributed by atoms with Crippen molar-refractivity contribution in [3.8, 4) is 5.75 Å². The Morgan fingerprint density at radius 2 is 1.79 bits per heavy atom. The van der Waals surface area contributed by atoms with Crippen molar-refractivity contribution >= 4 is 21.6 Å². The average Bonchev–Trinajstić information content (AvgIpc) is 3.17. The van der Waals surface area contributed by atoms with Crippen molar-refractivity contribution in [2.45, 2.75) is 26.1 Å². The highest BCUT2D eigenvalue weighted by Gasteiger charge is 2.16. The third-order valence-corrected chi connectivity index (χ3v) is 6.00. The Kier molecular flexibility index (Phi) is 5.65. The van der Waals surface area contributed by atoms with Crippen LogP contribution in [0.2, 0.25) is 0 Å². The van der Waals surface area contributed by atoms with Crippen molar-refractivity contribution in [3.63, 3.8) is 0 Å². The van der Waals surface area contributed by atoms with Crippen LogP contribution in [-0.2, 0) is 13.2 Å². The topological polar surface area (TPSA) is 38.2 Å². The molecule has 0 aliphatic carbocycles.